The molecule has 0 amide bonds. The smallest absolute Gasteiger partial charge is 0.306 e. The molecule has 0 unspecified atom stereocenters. The monoisotopic (exact) mass is 1040 g/mol. The molecule has 0 aliphatic carbocycles. The zero-order valence-corrected chi connectivity index (χ0v) is 49.3. The van der Waals surface area contributed by atoms with Gasteiger partial charge in [-0.3, -0.25) is 14.4 Å². The number of hydrogen-bond acceptors (Lipinski definition) is 6. The maximum Gasteiger partial charge on any atom is 0.306 e. The van der Waals surface area contributed by atoms with Crippen LogP contribution >= 0.6 is 0 Å². The van der Waals surface area contributed by atoms with Crippen LogP contribution in [0.1, 0.15) is 303 Å². The molecule has 430 valence electrons. The normalized spacial score (nSPS) is 12.7. The van der Waals surface area contributed by atoms with Crippen LogP contribution in [0.5, 0.6) is 0 Å². The molecule has 0 radical (unpaired) electrons. The topological polar surface area (TPSA) is 78.9 Å². The van der Waals surface area contributed by atoms with Crippen molar-refractivity contribution < 1.29 is 28.6 Å². The first-order chi connectivity index (χ1) is 37.0. The molecule has 0 aromatic rings. The van der Waals surface area contributed by atoms with Crippen LogP contribution in [0.3, 0.4) is 0 Å². The first-order valence-electron chi connectivity index (χ1n) is 31.7. The van der Waals surface area contributed by atoms with Gasteiger partial charge in [-0.2, -0.15) is 0 Å². The Labute approximate surface area is 464 Å². The summed E-state index contributed by atoms with van der Waals surface area (Å²) >= 11 is 0. The Hall–Kier alpha value is -3.67. The Bertz CT molecular complexity index is 1480. The van der Waals surface area contributed by atoms with E-state index in [2.05, 4.69) is 112 Å². The largest absolute Gasteiger partial charge is 0.462 e. The Morgan fingerprint density at radius 2 is 0.547 bits per heavy atom. The van der Waals surface area contributed by atoms with Crippen molar-refractivity contribution in [1.82, 2.24) is 0 Å². The number of unbranched alkanes of at least 4 members (excludes halogenated alkanes) is 30. The second kappa shape index (κ2) is 62.9. The van der Waals surface area contributed by atoms with Crippen molar-refractivity contribution in [3.8, 4) is 0 Å². The molecular formula is C69H118O6. The minimum atomic E-state index is -0.811. The lowest BCUT2D eigenvalue weighted by Gasteiger charge is -2.18. The Morgan fingerprint density at radius 1 is 0.280 bits per heavy atom. The third-order valence-corrected chi connectivity index (χ3v) is 13.6. The molecular weight excluding hydrogens is 925 g/mol. The number of carbonyl (C=O) groups is 3. The summed E-state index contributed by atoms with van der Waals surface area (Å²) in [5.41, 5.74) is 0. The van der Waals surface area contributed by atoms with E-state index in [1.54, 1.807) is 0 Å². The van der Waals surface area contributed by atoms with Crippen molar-refractivity contribution in [2.24, 2.45) is 0 Å². The molecule has 0 aromatic heterocycles. The number of hydrogen-bond donors (Lipinski definition) is 0. The van der Waals surface area contributed by atoms with Crippen LogP contribution in [0.15, 0.2) is 97.2 Å². The third kappa shape index (κ3) is 61.1. The highest BCUT2D eigenvalue weighted by atomic mass is 16.6. The van der Waals surface area contributed by atoms with Crippen LogP contribution in [0, 0.1) is 0 Å². The fraction of sp³-hybridized carbons (Fsp3) is 0.725. The van der Waals surface area contributed by atoms with Crippen LogP contribution in [0.25, 0.3) is 0 Å². The lowest BCUT2D eigenvalue weighted by Crippen LogP contribution is -2.30. The van der Waals surface area contributed by atoms with Crippen LogP contribution in [0.2, 0.25) is 0 Å². The van der Waals surface area contributed by atoms with E-state index in [0.717, 1.165) is 83.5 Å². The van der Waals surface area contributed by atoms with E-state index >= 15 is 0 Å². The predicted octanol–water partition coefficient (Wildman–Crippen LogP) is 21.7. The molecule has 6 nitrogen and oxygen atoms in total. The highest BCUT2D eigenvalue weighted by Gasteiger charge is 2.19. The summed E-state index contributed by atoms with van der Waals surface area (Å²) in [5, 5.41) is 0. The average Bonchev–Trinajstić information content (AvgIpc) is 3.41. The fourth-order valence-electron chi connectivity index (χ4n) is 8.85. The number of rotatable bonds is 57. The lowest BCUT2D eigenvalue weighted by molar-refractivity contribution is -0.166. The Balaban J connectivity index is 4.47. The molecule has 0 heterocycles. The van der Waals surface area contributed by atoms with Gasteiger partial charge in [0, 0.05) is 19.3 Å². The van der Waals surface area contributed by atoms with E-state index in [4.69, 9.17) is 14.2 Å². The number of carbonyl (C=O) groups excluding carboxylic acids is 3. The fourth-order valence-corrected chi connectivity index (χ4v) is 8.85. The lowest BCUT2D eigenvalue weighted by atomic mass is 10.0. The van der Waals surface area contributed by atoms with E-state index in [-0.39, 0.29) is 37.5 Å². The standard InChI is InChI=1S/C69H118O6/c1-4-7-10-13-16-19-22-25-28-31-34-37-40-43-46-49-52-55-58-61-67(70)73-64-66(75-69(72)63-60-57-54-51-48-45-42-39-36-33-30-27-24-21-18-15-12-9-6-3)65-74-68(71)62-59-56-53-50-47-44-41-38-35-32-29-26-23-20-17-14-11-8-5-2/h7,10,16,18-19,21,25,27-28,30,34,37,43,46,52,55,66H,4-6,8-9,11-15,17,20,22-24,26,29,31-33,35-36,38-42,44-45,47-51,53-54,56-65H2,1-3H3/b10-7+,19-16+,21-18+,28-25+,30-27+,37-34+,46-43+,55-52+/t66-/m0/s1. The molecule has 0 N–H and O–H groups in total. The van der Waals surface area contributed by atoms with E-state index in [9.17, 15) is 14.4 Å². The van der Waals surface area contributed by atoms with Gasteiger partial charge in [0.25, 0.3) is 0 Å². The molecule has 0 fully saturated rings. The van der Waals surface area contributed by atoms with Gasteiger partial charge in [0.2, 0.25) is 0 Å². The quantitative estimate of drug-likeness (QED) is 0.0261. The molecule has 0 aliphatic heterocycles. The van der Waals surface area contributed by atoms with Crippen molar-refractivity contribution in [2.45, 2.75) is 309 Å². The molecule has 0 aromatic carbocycles. The summed E-state index contributed by atoms with van der Waals surface area (Å²) in [5.74, 6) is -0.981. The van der Waals surface area contributed by atoms with E-state index in [1.165, 1.54) is 173 Å². The summed E-state index contributed by atoms with van der Waals surface area (Å²) in [6.07, 6.45) is 84.2. The SMILES string of the molecule is CC/C=C/C/C=C/C/C=C/C/C=C/C/C=C/C/C=C/CCC(=O)OC[C@@H](COC(=O)CCCCCCCCCCCCCCCCCCCCC)OC(=O)CCCCCCCCCCC/C=C/C/C=C/CCCCC. The minimum Gasteiger partial charge on any atom is -0.462 e. The molecule has 0 rings (SSSR count). The third-order valence-electron chi connectivity index (χ3n) is 13.6. The van der Waals surface area contributed by atoms with Gasteiger partial charge < -0.3 is 14.2 Å². The van der Waals surface area contributed by atoms with E-state index < -0.39 is 6.10 Å². The zero-order chi connectivity index (χ0) is 54.3. The van der Waals surface area contributed by atoms with Crippen molar-refractivity contribution in [1.29, 1.82) is 0 Å². The van der Waals surface area contributed by atoms with E-state index in [0.29, 0.717) is 19.3 Å². The predicted molar refractivity (Wildman–Crippen MR) is 325 cm³/mol. The molecule has 0 saturated heterocycles. The number of allylic oxidation sites excluding steroid dienone is 16. The van der Waals surface area contributed by atoms with Gasteiger partial charge >= 0.3 is 17.9 Å². The molecule has 6 heteroatoms. The van der Waals surface area contributed by atoms with Crippen molar-refractivity contribution in [3.63, 3.8) is 0 Å². The summed E-state index contributed by atoms with van der Waals surface area (Å²) in [4.78, 5) is 38.3. The summed E-state index contributed by atoms with van der Waals surface area (Å²) in [6, 6.07) is 0. The Morgan fingerprint density at radius 3 is 0.920 bits per heavy atom. The summed E-state index contributed by atoms with van der Waals surface area (Å²) in [7, 11) is 0. The second-order valence-corrected chi connectivity index (χ2v) is 20.9. The van der Waals surface area contributed by atoms with Crippen molar-refractivity contribution in [2.75, 3.05) is 13.2 Å². The summed E-state index contributed by atoms with van der Waals surface area (Å²) in [6.45, 7) is 6.47. The summed E-state index contributed by atoms with van der Waals surface area (Å²) < 4.78 is 16.9. The highest BCUT2D eigenvalue weighted by Crippen LogP contribution is 2.17. The van der Waals surface area contributed by atoms with Gasteiger partial charge in [-0.05, 0) is 89.9 Å². The molecule has 75 heavy (non-hydrogen) atoms. The van der Waals surface area contributed by atoms with Crippen LogP contribution < -0.4 is 0 Å². The first-order valence-corrected chi connectivity index (χ1v) is 31.7. The van der Waals surface area contributed by atoms with E-state index in [1.807, 2.05) is 6.08 Å². The maximum atomic E-state index is 12.9. The number of esters is 3. The van der Waals surface area contributed by atoms with Gasteiger partial charge in [0.1, 0.15) is 13.2 Å². The van der Waals surface area contributed by atoms with Gasteiger partial charge in [0.05, 0.1) is 0 Å². The van der Waals surface area contributed by atoms with Crippen molar-refractivity contribution in [3.05, 3.63) is 97.2 Å². The van der Waals surface area contributed by atoms with Crippen molar-refractivity contribution >= 4 is 17.9 Å². The van der Waals surface area contributed by atoms with Crippen LogP contribution in [-0.4, -0.2) is 37.2 Å². The highest BCUT2D eigenvalue weighted by molar-refractivity contribution is 5.71. The van der Waals surface area contributed by atoms with Gasteiger partial charge in [0.15, 0.2) is 6.10 Å². The van der Waals surface area contributed by atoms with Gasteiger partial charge in [-0.15, -0.1) is 0 Å². The second-order valence-electron chi connectivity index (χ2n) is 20.9. The Kier molecular flexibility index (Phi) is 59.8. The first kappa shape index (κ1) is 71.3. The molecule has 0 bridgehead atoms. The molecule has 1 atom stereocenters. The van der Waals surface area contributed by atoms with Crippen LogP contribution in [0.4, 0.5) is 0 Å². The van der Waals surface area contributed by atoms with Crippen LogP contribution in [-0.2, 0) is 28.6 Å². The maximum absolute atomic E-state index is 12.9. The zero-order valence-electron chi connectivity index (χ0n) is 49.3. The van der Waals surface area contributed by atoms with Gasteiger partial charge in [-0.1, -0.05) is 291 Å². The minimum absolute atomic E-state index is 0.100. The number of ether oxygens (including phenoxy) is 3. The molecule has 0 spiro atoms. The molecule has 0 saturated carbocycles. The van der Waals surface area contributed by atoms with Gasteiger partial charge in [-0.25, -0.2) is 0 Å². The molecule has 0 aliphatic rings. The average molecular weight is 1040 g/mol.